The van der Waals surface area contributed by atoms with Gasteiger partial charge in [0, 0.05) is 23.2 Å². The molecule has 1 N–H and O–H groups in total. The lowest BCUT2D eigenvalue weighted by atomic mass is 9.95. The first-order valence-electron chi connectivity index (χ1n) is 7.24. The Bertz CT molecular complexity index is 468. The highest BCUT2D eigenvalue weighted by molar-refractivity contribution is 9.10. The summed E-state index contributed by atoms with van der Waals surface area (Å²) >= 11 is 3.12. The molecule has 2 nitrogen and oxygen atoms in total. The summed E-state index contributed by atoms with van der Waals surface area (Å²) in [5.74, 6) is 0.561. The van der Waals surface area contributed by atoms with E-state index in [4.69, 9.17) is 0 Å². The monoisotopic (exact) mass is 364 g/mol. The number of hydrogen-bond donors (Lipinski definition) is 1. The first-order chi connectivity index (χ1) is 9.91. The van der Waals surface area contributed by atoms with Crippen molar-refractivity contribution in [2.24, 2.45) is 5.92 Å². The third-order valence-electron chi connectivity index (χ3n) is 3.90. The molecule has 1 aromatic carbocycles. The average molecular weight is 365 g/mol. The van der Waals surface area contributed by atoms with Crippen LogP contribution in [0.2, 0.25) is 0 Å². The number of hydrogen-bond acceptors (Lipinski definition) is 2. The largest absolute Gasteiger partial charge is 0.418 e. The summed E-state index contributed by atoms with van der Waals surface area (Å²) in [5.41, 5.74) is -0.255. The quantitative estimate of drug-likeness (QED) is 0.856. The number of rotatable bonds is 4. The SMILES string of the molecule is CCNCC1CCN(c2ccc(Br)cc2C(F)(F)F)CC1. The molecule has 0 unspecified atom stereocenters. The zero-order valence-corrected chi connectivity index (χ0v) is 13.6. The molecule has 1 aliphatic rings. The Morgan fingerprint density at radius 1 is 1.29 bits per heavy atom. The molecule has 118 valence electrons. The van der Waals surface area contributed by atoms with E-state index in [-0.39, 0.29) is 0 Å². The van der Waals surface area contributed by atoms with E-state index in [1.54, 1.807) is 12.1 Å². The van der Waals surface area contributed by atoms with E-state index in [1.165, 1.54) is 6.07 Å². The van der Waals surface area contributed by atoms with Gasteiger partial charge in [-0.15, -0.1) is 0 Å². The fraction of sp³-hybridized carbons (Fsp3) is 0.600. The predicted octanol–water partition coefficient (Wildman–Crippen LogP) is 4.29. The van der Waals surface area contributed by atoms with Crippen LogP contribution < -0.4 is 10.2 Å². The van der Waals surface area contributed by atoms with E-state index < -0.39 is 11.7 Å². The molecule has 0 bridgehead atoms. The Morgan fingerprint density at radius 3 is 2.52 bits per heavy atom. The molecule has 0 aliphatic carbocycles. The van der Waals surface area contributed by atoms with Crippen molar-refractivity contribution in [1.82, 2.24) is 5.32 Å². The van der Waals surface area contributed by atoms with E-state index in [1.807, 2.05) is 4.90 Å². The number of piperidine rings is 1. The first-order valence-corrected chi connectivity index (χ1v) is 8.03. The fourth-order valence-corrected chi connectivity index (χ4v) is 3.10. The van der Waals surface area contributed by atoms with Crippen LogP contribution in [-0.4, -0.2) is 26.2 Å². The number of halogens is 4. The standard InChI is InChI=1S/C15H20BrF3N2/c1-2-20-10-11-5-7-21(8-6-11)14-4-3-12(16)9-13(14)15(17,18)19/h3-4,9,11,20H,2,5-8,10H2,1H3. The number of nitrogens with one attached hydrogen (secondary N) is 1. The summed E-state index contributed by atoms with van der Waals surface area (Å²) in [7, 11) is 0. The Morgan fingerprint density at radius 2 is 1.95 bits per heavy atom. The van der Waals surface area contributed by atoms with Crippen LogP contribution in [0.15, 0.2) is 22.7 Å². The fourth-order valence-electron chi connectivity index (χ4n) is 2.74. The summed E-state index contributed by atoms with van der Waals surface area (Å²) in [6.07, 6.45) is -2.46. The van der Waals surface area contributed by atoms with Crippen molar-refractivity contribution in [3.63, 3.8) is 0 Å². The van der Waals surface area contributed by atoms with Gasteiger partial charge in [0.2, 0.25) is 0 Å². The van der Waals surface area contributed by atoms with Crippen molar-refractivity contribution >= 4 is 21.6 Å². The smallest absolute Gasteiger partial charge is 0.371 e. The van der Waals surface area contributed by atoms with Crippen molar-refractivity contribution in [1.29, 1.82) is 0 Å². The highest BCUT2D eigenvalue weighted by Gasteiger charge is 2.35. The van der Waals surface area contributed by atoms with E-state index in [0.717, 1.165) is 25.9 Å². The van der Waals surface area contributed by atoms with Gasteiger partial charge in [-0.2, -0.15) is 13.2 Å². The molecule has 0 amide bonds. The van der Waals surface area contributed by atoms with Crippen LogP contribution in [0.5, 0.6) is 0 Å². The van der Waals surface area contributed by atoms with Crippen LogP contribution in [0.4, 0.5) is 18.9 Å². The lowest BCUT2D eigenvalue weighted by Crippen LogP contribution is -2.38. The highest BCUT2D eigenvalue weighted by atomic mass is 79.9. The highest BCUT2D eigenvalue weighted by Crippen LogP contribution is 2.39. The predicted molar refractivity (Wildman–Crippen MR) is 82.6 cm³/mol. The molecule has 1 aliphatic heterocycles. The molecule has 1 heterocycles. The second kappa shape index (κ2) is 7.01. The maximum absolute atomic E-state index is 13.2. The minimum atomic E-state index is -4.32. The first kappa shape index (κ1) is 16.6. The minimum absolute atomic E-state index is 0.299. The number of nitrogens with zero attached hydrogens (tertiary/aromatic N) is 1. The molecule has 0 spiro atoms. The second-order valence-corrected chi connectivity index (χ2v) is 6.31. The normalized spacial score (nSPS) is 17.3. The zero-order valence-electron chi connectivity index (χ0n) is 12.0. The van der Waals surface area contributed by atoms with Crippen LogP contribution in [0, 0.1) is 5.92 Å². The average Bonchev–Trinajstić information content (AvgIpc) is 2.45. The number of alkyl halides is 3. The van der Waals surface area contributed by atoms with Gasteiger partial charge in [-0.1, -0.05) is 22.9 Å². The van der Waals surface area contributed by atoms with Crippen LogP contribution >= 0.6 is 15.9 Å². The van der Waals surface area contributed by atoms with E-state index in [2.05, 4.69) is 28.2 Å². The third-order valence-corrected chi connectivity index (χ3v) is 4.40. The number of anilines is 1. The molecule has 2 rings (SSSR count). The van der Waals surface area contributed by atoms with Crippen LogP contribution in [0.3, 0.4) is 0 Å². The van der Waals surface area contributed by atoms with Crippen molar-refractivity contribution in [3.8, 4) is 0 Å². The maximum atomic E-state index is 13.2. The van der Waals surface area contributed by atoms with E-state index in [9.17, 15) is 13.2 Å². The lowest BCUT2D eigenvalue weighted by molar-refractivity contribution is -0.137. The Balaban J connectivity index is 2.10. The van der Waals surface area contributed by atoms with Gasteiger partial charge in [0.25, 0.3) is 0 Å². The van der Waals surface area contributed by atoms with Gasteiger partial charge in [0.05, 0.1) is 5.56 Å². The Kier molecular flexibility index (Phi) is 5.54. The maximum Gasteiger partial charge on any atom is 0.418 e. The summed E-state index contributed by atoms with van der Waals surface area (Å²) in [6.45, 7) is 5.32. The van der Waals surface area contributed by atoms with Gasteiger partial charge in [-0.25, -0.2) is 0 Å². The summed E-state index contributed by atoms with van der Waals surface area (Å²) in [6, 6.07) is 4.41. The molecule has 1 aromatic rings. The van der Waals surface area contributed by atoms with Crippen molar-refractivity contribution < 1.29 is 13.2 Å². The van der Waals surface area contributed by atoms with E-state index in [0.29, 0.717) is 29.2 Å². The van der Waals surface area contributed by atoms with E-state index >= 15 is 0 Å². The van der Waals surface area contributed by atoms with Gasteiger partial charge in [0.15, 0.2) is 0 Å². The molecule has 6 heteroatoms. The second-order valence-electron chi connectivity index (χ2n) is 5.40. The van der Waals surface area contributed by atoms with Gasteiger partial charge in [-0.3, -0.25) is 0 Å². The molecule has 0 atom stereocenters. The summed E-state index contributed by atoms with van der Waals surface area (Å²) in [4.78, 5) is 1.86. The Hall–Kier alpha value is -0.750. The van der Waals surface area contributed by atoms with Crippen molar-refractivity contribution in [2.45, 2.75) is 25.9 Å². The molecule has 1 fully saturated rings. The van der Waals surface area contributed by atoms with Gasteiger partial charge in [-0.05, 0) is 50.0 Å². The van der Waals surface area contributed by atoms with Crippen LogP contribution in [-0.2, 0) is 6.18 Å². The lowest BCUT2D eigenvalue weighted by Gasteiger charge is -2.35. The molecule has 1 saturated heterocycles. The molecule has 0 radical (unpaired) electrons. The molecular weight excluding hydrogens is 345 g/mol. The summed E-state index contributed by atoms with van der Waals surface area (Å²) < 4.78 is 40.0. The van der Waals surface area contributed by atoms with Gasteiger partial charge >= 0.3 is 6.18 Å². The third kappa shape index (κ3) is 4.36. The molecule has 0 saturated carbocycles. The summed E-state index contributed by atoms with van der Waals surface area (Å²) in [5, 5.41) is 3.31. The number of benzene rings is 1. The molecule has 21 heavy (non-hydrogen) atoms. The molecule has 0 aromatic heterocycles. The van der Waals surface area contributed by atoms with Gasteiger partial charge < -0.3 is 10.2 Å². The topological polar surface area (TPSA) is 15.3 Å². The Labute approximate surface area is 131 Å². The van der Waals surface area contributed by atoms with Crippen LogP contribution in [0.1, 0.15) is 25.3 Å². The van der Waals surface area contributed by atoms with Gasteiger partial charge in [0.1, 0.15) is 0 Å². The van der Waals surface area contributed by atoms with Crippen molar-refractivity contribution in [2.75, 3.05) is 31.1 Å². The minimum Gasteiger partial charge on any atom is -0.371 e. The zero-order chi connectivity index (χ0) is 15.5. The van der Waals surface area contributed by atoms with Crippen molar-refractivity contribution in [3.05, 3.63) is 28.2 Å². The van der Waals surface area contributed by atoms with Crippen LogP contribution in [0.25, 0.3) is 0 Å². The molecular formula is C15H20BrF3N2.